The van der Waals surface area contributed by atoms with Crippen LogP contribution in [0.15, 0.2) is 76.6 Å². The average Bonchev–Trinajstić information content (AvgIpc) is 3.53. The first kappa shape index (κ1) is 53.2. The van der Waals surface area contributed by atoms with Crippen molar-refractivity contribution in [2.45, 2.75) is 44.3 Å². The Morgan fingerprint density at radius 3 is 2.22 bits per heavy atom. The number of carboxylic acids is 1. The summed E-state index contributed by atoms with van der Waals surface area (Å²) >= 11 is 17.8. The maximum Gasteiger partial charge on any atom is 0.389 e. The Labute approximate surface area is 391 Å². The molecule has 6 rings (SSSR count). The predicted octanol–water partition coefficient (Wildman–Crippen LogP) is 6.96. The molecule has 0 saturated carbocycles. The number of alkyl halides is 5. The number of aliphatic carboxylic acids is 1. The van der Waals surface area contributed by atoms with Crippen LogP contribution in [-0.4, -0.2) is 94.4 Å². The zero-order valence-electron chi connectivity index (χ0n) is 34.6. The van der Waals surface area contributed by atoms with Crippen LogP contribution < -0.4 is 29.9 Å². The predicted molar refractivity (Wildman–Crippen MR) is 233 cm³/mol. The number of hydrogen-bond acceptors (Lipinski definition) is 14. The molecule has 20 nitrogen and oxygen atoms in total. The van der Waals surface area contributed by atoms with Gasteiger partial charge in [-0.15, -0.1) is 5.10 Å². The highest BCUT2D eigenvalue weighted by Crippen LogP contribution is 2.32. The molecule has 0 unspecified atom stereocenters. The zero-order valence-corrected chi connectivity index (χ0v) is 38.5. The maximum atomic E-state index is 12.8. The number of benzene rings is 3. The molecule has 0 aliphatic rings. The number of urea groups is 1. The van der Waals surface area contributed by atoms with E-state index in [0.29, 0.717) is 21.0 Å². The molecule has 3 aromatic heterocycles. The number of aryl methyl sites for hydroxylation is 3. The molecule has 0 spiro atoms. The Balaban J connectivity index is 0.000000227. The van der Waals surface area contributed by atoms with Crippen molar-refractivity contribution >= 4 is 89.4 Å². The maximum absolute atomic E-state index is 12.8. The van der Waals surface area contributed by atoms with Crippen molar-refractivity contribution < 1.29 is 63.0 Å². The van der Waals surface area contributed by atoms with Gasteiger partial charge in [0.1, 0.15) is 22.9 Å². The lowest BCUT2D eigenvalue weighted by molar-refractivity contribution is -0.139. The molecule has 6 aromatic rings. The molecule has 4 N–H and O–H groups in total. The standard InChI is InChI=1S/C15H16F3N5O4S.C11H10Cl2F2N4O3S.C11H8ClNO3/c1-9-19-12(22-14(20-9)27-2)21-13(24)23-28(25,26)11-6-4-3-5-10(11)7-8-15(16,17)18;1-5-16-19(11(20)18(5)10(14)15)9-4-8(17-23(2,21)22)6(12)3-7(9)13;12-8-3-4-9(16-6-10(14)15)11-7(8)2-1-5-13-11/h3-6H,7-8H2,1-2H3,(H2,19,20,21,22,23,24);3-4,10,17H,1-2H3;1-5H,6H2,(H,14,15). The Bertz CT molecular complexity index is 3070. The van der Waals surface area contributed by atoms with Crippen LogP contribution in [0.3, 0.4) is 0 Å². The minimum atomic E-state index is -4.45. The van der Waals surface area contributed by atoms with Gasteiger partial charge in [0.05, 0.1) is 44.7 Å². The van der Waals surface area contributed by atoms with Crippen molar-refractivity contribution in [3.05, 3.63) is 110 Å². The summed E-state index contributed by atoms with van der Waals surface area (Å²) in [5.41, 5.74) is -0.777. The SMILES string of the molecule is COc1nc(C)nc(NC(=O)NS(=O)(=O)c2ccccc2CCC(F)(F)F)n1.Cc1nn(-c2cc(NS(C)(=O)=O)c(Cl)cc2Cl)c(=O)n1C(F)F.O=C(O)COc1ccc(Cl)c2cccnc12. The number of fused-ring (bicyclic) bond motifs is 1. The molecule has 2 amide bonds. The lowest BCUT2D eigenvalue weighted by Gasteiger charge is -2.13. The van der Waals surface area contributed by atoms with Gasteiger partial charge < -0.3 is 14.6 Å². The number of amides is 2. The molecular formula is C37H34Cl3F5N10O10S2. The minimum absolute atomic E-state index is 0.0257. The van der Waals surface area contributed by atoms with E-state index in [2.05, 4.69) is 35.1 Å². The quantitative estimate of drug-likeness (QED) is 0.0852. The topological polar surface area (TPSA) is 269 Å². The first-order valence-corrected chi connectivity index (χ1v) is 22.8. The summed E-state index contributed by atoms with van der Waals surface area (Å²) in [4.78, 5) is 49.5. The molecule has 0 saturated heterocycles. The molecule has 0 fully saturated rings. The summed E-state index contributed by atoms with van der Waals surface area (Å²) in [6.45, 7) is -0.742. The highest BCUT2D eigenvalue weighted by Gasteiger charge is 2.29. The van der Waals surface area contributed by atoms with Crippen LogP contribution in [0.4, 0.5) is 38.4 Å². The zero-order chi connectivity index (χ0) is 50.0. The molecule has 0 aliphatic carbocycles. The van der Waals surface area contributed by atoms with E-state index in [4.69, 9.17) is 49.4 Å². The Morgan fingerprint density at radius 2 is 1.61 bits per heavy atom. The molecule has 3 aromatic carbocycles. The minimum Gasteiger partial charge on any atom is -0.480 e. The van der Waals surface area contributed by atoms with E-state index in [1.165, 1.54) is 45.2 Å². The van der Waals surface area contributed by atoms with Crippen LogP contribution in [-0.2, 0) is 31.3 Å². The molecule has 0 radical (unpaired) electrons. The van der Waals surface area contributed by atoms with Gasteiger partial charge in [-0.3, -0.25) is 15.0 Å². The first-order valence-electron chi connectivity index (χ1n) is 18.3. The van der Waals surface area contributed by atoms with Gasteiger partial charge in [-0.1, -0.05) is 53.0 Å². The number of carbonyl (C=O) groups excluding carboxylic acids is 1. The number of anilines is 2. The number of nitrogens with one attached hydrogen (secondary N) is 3. The molecule has 3 heterocycles. The van der Waals surface area contributed by atoms with Crippen LogP contribution in [0.2, 0.25) is 15.1 Å². The Kier molecular flexibility index (Phi) is 17.8. The summed E-state index contributed by atoms with van der Waals surface area (Å²) < 4.78 is 125. The molecular weight excluding hydrogens is 1010 g/mol. The lowest BCUT2D eigenvalue weighted by atomic mass is 10.1. The number of hydrogen-bond donors (Lipinski definition) is 4. The van der Waals surface area contributed by atoms with Gasteiger partial charge in [-0.25, -0.2) is 40.5 Å². The summed E-state index contributed by atoms with van der Waals surface area (Å²) in [6, 6.07) is 13.0. The number of carbonyl (C=O) groups is 2. The van der Waals surface area contributed by atoms with E-state index >= 15 is 0 Å². The van der Waals surface area contributed by atoms with Crippen molar-refractivity contribution in [2.75, 3.05) is 30.0 Å². The number of nitrogens with zero attached hydrogens (tertiary/aromatic N) is 7. The lowest BCUT2D eigenvalue weighted by Crippen LogP contribution is -2.35. The smallest absolute Gasteiger partial charge is 0.389 e. The number of ether oxygens (including phenoxy) is 2. The fourth-order valence-corrected chi connectivity index (χ4v) is 7.89. The fourth-order valence-electron chi connectivity index (χ4n) is 5.36. The van der Waals surface area contributed by atoms with Crippen molar-refractivity contribution in [3.8, 4) is 17.4 Å². The van der Waals surface area contributed by atoms with E-state index < -0.39 is 74.8 Å². The summed E-state index contributed by atoms with van der Waals surface area (Å²) in [7, 11) is -6.79. The van der Waals surface area contributed by atoms with Crippen molar-refractivity contribution in [2.24, 2.45) is 0 Å². The monoisotopic (exact) mass is 1040 g/mol. The van der Waals surface area contributed by atoms with E-state index in [1.54, 1.807) is 35.2 Å². The molecule has 0 aliphatic heterocycles. The van der Waals surface area contributed by atoms with Gasteiger partial charge in [0.25, 0.3) is 10.0 Å². The van der Waals surface area contributed by atoms with Crippen LogP contribution in [0, 0.1) is 13.8 Å². The third kappa shape index (κ3) is 15.3. The van der Waals surface area contributed by atoms with Crippen molar-refractivity contribution in [1.29, 1.82) is 0 Å². The number of pyridine rings is 1. The van der Waals surface area contributed by atoms with Gasteiger partial charge in [0.2, 0.25) is 16.0 Å². The second kappa shape index (κ2) is 22.4. The van der Waals surface area contributed by atoms with Gasteiger partial charge in [-0.05, 0) is 68.3 Å². The summed E-state index contributed by atoms with van der Waals surface area (Å²) in [5, 5.41) is 15.6. The van der Waals surface area contributed by atoms with Crippen LogP contribution in [0.1, 0.15) is 30.2 Å². The largest absolute Gasteiger partial charge is 0.480 e. The molecule has 0 atom stereocenters. The Hall–Kier alpha value is -6.42. The van der Waals surface area contributed by atoms with Crippen LogP contribution >= 0.6 is 34.8 Å². The van der Waals surface area contributed by atoms with E-state index in [9.17, 15) is 53.2 Å². The number of aromatic nitrogens is 7. The first-order chi connectivity index (χ1) is 31.2. The third-order valence-electron chi connectivity index (χ3n) is 8.07. The fraction of sp³-hybridized carbons (Fsp3) is 0.243. The summed E-state index contributed by atoms with van der Waals surface area (Å²) in [5.74, 6) is -0.889. The highest BCUT2D eigenvalue weighted by atomic mass is 35.5. The number of methoxy groups -OCH3 is 1. The van der Waals surface area contributed by atoms with Gasteiger partial charge in [0.15, 0.2) is 6.61 Å². The average molecular weight is 1040 g/mol. The number of carboxylic acid groups (broad SMARTS) is 1. The Morgan fingerprint density at radius 1 is 0.925 bits per heavy atom. The number of rotatable bonds is 13. The van der Waals surface area contributed by atoms with Gasteiger partial charge in [-0.2, -0.15) is 41.6 Å². The van der Waals surface area contributed by atoms with Crippen LogP contribution in [0.5, 0.6) is 11.8 Å². The molecule has 0 bridgehead atoms. The highest BCUT2D eigenvalue weighted by molar-refractivity contribution is 7.92. The van der Waals surface area contributed by atoms with E-state index in [-0.39, 0.29) is 55.2 Å². The van der Waals surface area contributed by atoms with E-state index in [1.807, 2.05) is 0 Å². The normalized spacial score (nSPS) is 11.5. The molecule has 360 valence electrons. The number of sulfonamides is 2. The van der Waals surface area contributed by atoms with E-state index in [0.717, 1.165) is 23.8 Å². The van der Waals surface area contributed by atoms with Gasteiger partial charge in [0, 0.05) is 18.0 Å². The van der Waals surface area contributed by atoms with Crippen molar-refractivity contribution in [1.82, 2.24) is 39.0 Å². The molecule has 67 heavy (non-hydrogen) atoms. The summed E-state index contributed by atoms with van der Waals surface area (Å²) in [6.07, 6.45) is -3.69. The van der Waals surface area contributed by atoms with Gasteiger partial charge >= 0.3 is 36.4 Å². The second-order valence-electron chi connectivity index (χ2n) is 13.1. The van der Waals surface area contributed by atoms with Crippen molar-refractivity contribution in [3.63, 3.8) is 0 Å². The second-order valence-corrected chi connectivity index (χ2v) is 17.8. The third-order valence-corrected chi connectivity index (χ3v) is 11.0. The number of halogens is 8. The van der Waals surface area contributed by atoms with Crippen LogP contribution in [0.25, 0.3) is 16.6 Å². The molecule has 30 heteroatoms.